The summed E-state index contributed by atoms with van der Waals surface area (Å²) in [5.41, 5.74) is -0.0107. The molecule has 1 aliphatic carbocycles. The van der Waals surface area contributed by atoms with Gasteiger partial charge in [0.05, 0.1) is 9.37 Å². The van der Waals surface area contributed by atoms with E-state index in [1.807, 2.05) is 6.92 Å². The quantitative estimate of drug-likeness (QED) is 0.885. The molecule has 0 bridgehead atoms. The molecule has 1 aliphatic rings. The predicted octanol–water partition coefficient (Wildman–Crippen LogP) is 1.86. The molecule has 0 heterocycles. The maximum absolute atomic E-state index is 13.8. The number of carbonyl (C=O) groups excluding carboxylic acids is 1. The largest absolute Gasteiger partial charge is 0.336 e. The zero-order chi connectivity index (χ0) is 15.1. The molecular weight excluding hydrogens is 351 g/mol. The number of nitrogens with two attached hydrogens (primary N) is 1. The molecule has 1 aromatic rings. The number of carbonyl (C=O) groups is 1. The zero-order valence-corrected chi connectivity index (χ0v) is 13.2. The predicted molar refractivity (Wildman–Crippen MR) is 75.2 cm³/mol. The Morgan fingerprint density at radius 3 is 2.55 bits per heavy atom. The molecule has 0 saturated heterocycles. The van der Waals surface area contributed by atoms with Gasteiger partial charge in [-0.25, -0.2) is 17.9 Å². The van der Waals surface area contributed by atoms with Crippen LogP contribution in [0.4, 0.5) is 4.39 Å². The van der Waals surface area contributed by atoms with E-state index >= 15 is 0 Å². The molecule has 20 heavy (non-hydrogen) atoms. The molecule has 1 aromatic carbocycles. The van der Waals surface area contributed by atoms with Crippen LogP contribution < -0.4 is 5.14 Å². The van der Waals surface area contributed by atoms with Crippen LogP contribution in [-0.4, -0.2) is 31.8 Å². The molecule has 1 saturated carbocycles. The van der Waals surface area contributed by atoms with E-state index < -0.39 is 20.7 Å². The number of hydrogen-bond donors (Lipinski definition) is 1. The van der Waals surface area contributed by atoms with Crippen LogP contribution in [-0.2, 0) is 10.0 Å². The van der Waals surface area contributed by atoms with Gasteiger partial charge in [0.1, 0.15) is 5.82 Å². The number of halogens is 2. The highest BCUT2D eigenvalue weighted by Gasteiger charge is 2.32. The van der Waals surface area contributed by atoms with Crippen LogP contribution in [0, 0.1) is 5.82 Å². The van der Waals surface area contributed by atoms with Crippen LogP contribution in [0.1, 0.15) is 30.1 Å². The standard InChI is InChI=1S/C12H14BrFN2O3S/c1-2-16(8-3-4-8)12(17)7-5-9(14)11(13)10(6-7)20(15,18)19/h5-6,8H,2-4H2,1H3,(H2,15,18,19). The Kier molecular flexibility index (Phi) is 4.17. The first-order valence-corrected chi connectivity index (χ1v) is 8.42. The summed E-state index contributed by atoms with van der Waals surface area (Å²) in [5, 5.41) is 5.03. The average Bonchev–Trinajstić information content (AvgIpc) is 3.16. The van der Waals surface area contributed by atoms with Crippen molar-refractivity contribution in [2.24, 2.45) is 5.14 Å². The second kappa shape index (κ2) is 5.42. The van der Waals surface area contributed by atoms with E-state index in [4.69, 9.17) is 5.14 Å². The Hall–Kier alpha value is -0.990. The van der Waals surface area contributed by atoms with Gasteiger partial charge in [0.2, 0.25) is 10.0 Å². The second-order valence-electron chi connectivity index (χ2n) is 4.64. The van der Waals surface area contributed by atoms with Gasteiger partial charge in [-0.3, -0.25) is 4.79 Å². The molecule has 2 rings (SSSR count). The highest BCUT2D eigenvalue weighted by atomic mass is 79.9. The number of sulfonamides is 1. The lowest BCUT2D eigenvalue weighted by atomic mass is 10.2. The Bertz CT molecular complexity index is 659. The minimum absolute atomic E-state index is 0.0107. The van der Waals surface area contributed by atoms with Crippen molar-refractivity contribution >= 4 is 31.9 Å². The summed E-state index contributed by atoms with van der Waals surface area (Å²) in [7, 11) is -4.11. The van der Waals surface area contributed by atoms with Crippen molar-refractivity contribution in [2.45, 2.75) is 30.7 Å². The van der Waals surface area contributed by atoms with Crippen molar-refractivity contribution < 1.29 is 17.6 Å². The average molecular weight is 365 g/mol. The molecule has 8 heteroatoms. The Balaban J connectivity index is 2.47. The van der Waals surface area contributed by atoms with E-state index in [1.165, 1.54) is 0 Å². The van der Waals surface area contributed by atoms with Crippen molar-refractivity contribution in [1.82, 2.24) is 4.90 Å². The van der Waals surface area contributed by atoms with Crippen molar-refractivity contribution in [2.75, 3.05) is 6.54 Å². The lowest BCUT2D eigenvalue weighted by molar-refractivity contribution is 0.0751. The summed E-state index contributed by atoms with van der Waals surface area (Å²) >= 11 is 2.84. The molecule has 0 aliphatic heterocycles. The first-order valence-electron chi connectivity index (χ1n) is 6.08. The maximum atomic E-state index is 13.8. The normalized spacial score (nSPS) is 15.2. The molecule has 0 atom stereocenters. The van der Waals surface area contributed by atoms with Crippen molar-refractivity contribution in [3.63, 3.8) is 0 Å². The summed E-state index contributed by atoms with van der Waals surface area (Å²) in [6.07, 6.45) is 1.83. The second-order valence-corrected chi connectivity index (χ2v) is 6.96. The van der Waals surface area contributed by atoms with Gasteiger partial charge >= 0.3 is 0 Å². The minimum Gasteiger partial charge on any atom is -0.336 e. The van der Waals surface area contributed by atoms with E-state index in [0.717, 1.165) is 25.0 Å². The fraction of sp³-hybridized carbons (Fsp3) is 0.417. The fourth-order valence-electron chi connectivity index (χ4n) is 2.01. The van der Waals surface area contributed by atoms with E-state index in [9.17, 15) is 17.6 Å². The fourth-order valence-corrected chi connectivity index (χ4v) is 3.56. The van der Waals surface area contributed by atoms with Gasteiger partial charge in [-0.15, -0.1) is 0 Å². The third-order valence-electron chi connectivity index (χ3n) is 3.14. The Morgan fingerprint density at radius 1 is 1.50 bits per heavy atom. The number of rotatable bonds is 4. The van der Waals surface area contributed by atoms with Gasteiger partial charge < -0.3 is 4.90 Å². The molecule has 5 nitrogen and oxygen atoms in total. The number of hydrogen-bond acceptors (Lipinski definition) is 3. The molecule has 0 spiro atoms. The van der Waals surface area contributed by atoms with Gasteiger partial charge in [-0.05, 0) is 47.8 Å². The number of nitrogens with zero attached hydrogens (tertiary/aromatic N) is 1. The number of benzene rings is 1. The van der Waals surface area contributed by atoms with E-state index in [-0.39, 0.29) is 22.0 Å². The summed E-state index contributed by atoms with van der Waals surface area (Å²) in [5.74, 6) is -1.21. The van der Waals surface area contributed by atoms with Gasteiger partial charge in [-0.1, -0.05) is 0 Å². The molecule has 1 amide bonds. The van der Waals surface area contributed by atoms with Crippen molar-refractivity contribution in [3.05, 3.63) is 28.0 Å². The summed E-state index contributed by atoms with van der Waals surface area (Å²) < 4.78 is 36.4. The highest BCUT2D eigenvalue weighted by molar-refractivity contribution is 9.10. The van der Waals surface area contributed by atoms with E-state index in [0.29, 0.717) is 6.54 Å². The third kappa shape index (κ3) is 3.02. The van der Waals surface area contributed by atoms with Gasteiger partial charge in [0, 0.05) is 18.2 Å². The molecule has 0 aromatic heterocycles. The summed E-state index contributed by atoms with van der Waals surface area (Å²) in [4.78, 5) is 13.5. The van der Waals surface area contributed by atoms with Crippen LogP contribution in [0.25, 0.3) is 0 Å². The van der Waals surface area contributed by atoms with Gasteiger partial charge in [0.25, 0.3) is 5.91 Å². The zero-order valence-electron chi connectivity index (χ0n) is 10.8. The number of amides is 1. The van der Waals surface area contributed by atoms with Crippen molar-refractivity contribution in [3.8, 4) is 0 Å². The van der Waals surface area contributed by atoms with E-state index in [1.54, 1.807) is 4.90 Å². The Labute approximate surface area is 125 Å². The van der Waals surface area contributed by atoms with Crippen LogP contribution in [0.5, 0.6) is 0 Å². The van der Waals surface area contributed by atoms with Gasteiger partial charge in [0.15, 0.2) is 0 Å². The molecule has 2 N–H and O–H groups in total. The van der Waals surface area contributed by atoms with Crippen LogP contribution >= 0.6 is 15.9 Å². The third-order valence-corrected chi connectivity index (χ3v) is 5.14. The topological polar surface area (TPSA) is 80.5 Å². The molecular formula is C12H14BrFN2O3S. The molecule has 0 radical (unpaired) electrons. The molecule has 110 valence electrons. The first kappa shape index (κ1) is 15.4. The summed E-state index contributed by atoms with van der Waals surface area (Å²) in [6, 6.07) is 2.29. The first-order chi connectivity index (χ1) is 9.25. The van der Waals surface area contributed by atoms with E-state index in [2.05, 4.69) is 15.9 Å². The van der Waals surface area contributed by atoms with Crippen molar-refractivity contribution in [1.29, 1.82) is 0 Å². The SMILES string of the molecule is CCN(C(=O)c1cc(F)c(Br)c(S(N)(=O)=O)c1)C1CC1. The minimum atomic E-state index is -4.11. The molecule has 1 fully saturated rings. The highest BCUT2D eigenvalue weighted by Crippen LogP contribution is 2.30. The van der Waals surface area contributed by atoms with Crippen LogP contribution in [0.2, 0.25) is 0 Å². The van der Waals surface area contributed by atoms with Gasteiger partial charge in [-0.2, -0.15) is 0 Å². The Morgan fingerprint density at radius 2 is 2.10 bits per heavy atom. The van der Waals surface area contributed by atoms with Crippen LogP contribution in [0.15, 0.2) is 21.5 Å². The monoisotopic (exact) mass is 364 g/mol. The summed E-state index contributed by atoms with van der Waals surface area (Å²) in [6.45, 7) is 2.32. The van der Waals surface area contributed by atoms with Crippen LogP contribution in [0.3, 0.4) is 0 Å². The smallest absolute Gasteiger partial charge is 0.254 e. The maximum Gasteiger partial charge on any atom is 0.254 e. The number of primary sulfonamides is 1. The lowest BCUT2D eigenvalue weighted by Gasteiger charge is -2.20. The lowest BCUT2D eigenvalue weighted by Crippen LogP contribution is -2.33. The molecule has 0 unspecified atom stereocenters.